The van der Waals surface area contributed by atoms with E-state index in [-0.39, 0.29) is 26.2 Å². The van der Waals surface area contributed by atoms with Gasteiger partial charge in [0.1, 0.15) is 4.90 Å². The van der Waals surface area contributed by atoms with Crippen LogP contribution in [0.2, 0.25) is 20.1 Å². The van der Waals surface area contributed by atoms with Gasteiger partial charge in [-0.25, -0.2) is 0 Å². The van der Waals surface area contributed by atoms with Crippen LogP contribution in [0, 0.1) is 0 Å². The van der Waals surface area contributed by atoms with Crippen LogP contribution in [0.1, 0.15) is 20.7 Å². The minimum Gasteiger partial charge on any atom is -0.285 e. The number of rotatable bonds is 4. The summed E-state index contributed by atoms with van der Waals surface area (Å²) in [5.74, 6) is -2.02. The molecule has 0 aliphatic rings. The van der Waals surface area contributed by atoms with Gasteiger partial charge in [-0.2, -0.15) is 8.42 Å². The largest absolute Gasteiger partial charge is 0.296 e. The molecular formula is C14H6Cl4O5S. The van der Waals surface area contributed by atoms with Gasteiger partial charge < -0.3 is 0 Å². The first-order chi connectivity index (χ1) is 11.0. The van der Waals surface area contributed by atoms with Crippen molar-refractivity contribution in [2.75, 3.05) is 0 Å². The molecular weight excluding hydrogens is 422 g/mol. The second kappa shape index (κ2) is 7.00. The monoisotopic (exact) mass is 426 g/mol. The minimum absolute atomic E-state index is 0.0473. The molecule has 0 aromatic heterocycles. The molecule has 0 atom stereocenters. The van der Waals surface area contributed by atoms with Crippen molar-refractivity contribution in [3.8, 4) is 0 Å². The van der Waals surface area contributed by atoms with E-state index in [0.29, 0.717) is 0 Å². The molecule has 2 rings (SSSR count). The lowest BCUT2D eigenvalue weighted by molar-refractivity contribution is 0.0817. The molecule has 1 N–H and O–H groups in total. The highest BCUT2D eigenvalue weighted by molar-refractivity contribution is 7.86. The third-order valence-corrected chi connectivity index (χ3v) is 5.45. The van der Waals surface area contributed by atoms with Gasteiger partial charge in [-0.1, -0.05) is 46.4 Å². The average molecular weight is 428 g/mol. The van der Waals surface area contributed by atoms with Crippen molar-refractivity contribution in [2.24, 2.45) is 0 Å². The van der Waals surface area contributed by atoms with Gasteiger partial charge in [0.2, 0.25) is 11.6 Å². The smallest absolute Gasteiger partial charge is 0.285 e. The summed E-state index contributed by atoms with van der Waals surface area (Å²) in [5, 5.41) is -0.498. The van der Waals surface area contributed by atoms with Crippen LogP contribution in [0.15, 0.2) is 35.2 Å². The Morgan fingerprint density at radius 3 is 1.88 bits per heavy atom. The number of halogens is 4. The topological polar surface area (TPSA) is 88.5 Å². The highest BCUT2D eigenvalue weighted by Crippen LogP contribution is 2.31. The molecule has 126 valence electrons. The van der Waals surface area contributed by atoms with Crippen molar-refractivity contribution in [1.29, 1.82) is 0 Å². The van der Waals surface area contributed by atoms with Crippen molar-refractivity contribution in [3.63, 3.8) is 0 Å². The Hall–Kier alpha value is -1.15. The third-order valence-electron chi connectivity index (χ3n) is 2.92. The van der Waals surface area contributed by atoms with Gasteiger partial charge in [0.05, 0.1) is 20.1 Å². The molecule has 0 radical (unpaired) electrons. The molecule has 2 aromatic rings. The zero-order chi connectivity index (χ0) is 18.2. The Kier molecular flexibility index (Phi) is 5.59. The highest BCUT2D eigenvalue weighted by atomic mass is 35.5. The minimum atomic E-state index is -4.73. The number of carbonyl (C=O) groups excluding carboxylic acids is 2. The molecule has 0 heterocycles. The molecule has 2 aromatic carbocycles. The van der Waals surface area contributed by atoms with Crippen LogP contribution >= 0.6 is 46.4 Å². The number of hydrogen-bond donors (Lipinski definition) is 1. The summed E-state index contributed by atoms with van der Waals surface area (Å²) in [4.78, 5) is 23.7. The van der Waals surface area contributed by atoms with E-state index in [1.807, 2.05) is 0 Å². The quantitative estimate of drug-likeness (QED) is 0.437. The summed E-state index contributed by atoms with van der Waals surface area (Å²) in [6, 6.07) is 5.61. The van der Waals surface area contributed by atoms with Gasteiger partial charge in [0, 0.05) is 11.1 Å². The molecule has 0 amide bonds. The van der Waals surface area contributed by atoms with Gasteiger partial charge in [-0.3, -0.25) is 14.1 Å². The second-order valence-electron chi connectivity index (χ2n) is 4.53. The Morgan fingerprint density at radius 2 is 1.33 bits per heavy atom. The third kappa shape index (κ3) is 3.91. The first-order valence-corrected chi connectivity index (χ1v) is 8.98. The van der Waals surface area contributed by atoms with E-state index < -0.39 is 31.6 Å². The number of benzene rings is 2. The highest BCUT2D eigenvalue weighted by Gasteiger charge is 2.25. The number of ketones is 2. The molecule has 0 aliphatic carbocycles. The molecule has 0 unspecified atom stereocenters. The summed E-state index contributed by atoms with van der Waals surface area (Å²) in [5.41, 5.74) is -0.401. The lowest BCUT2D eigenvalue weighted by atomic mass is 10.0. The predicted octanol–water partition coefficient (Wildman–Crippen LogP) is 4.61. The Labute approximate surface area is 156 Å². The zero-order valence-corrected chi connectivity index (χ0v) is 15.2. The van der Waals surface area contributed by atoms with Crippen molar-refractivity contribution >= 4 is 68.1 Å². The fourth-order valence-electron chi connectivity index (χ4n) is 1.78. The Morgan fingerprint density at radius 1 is 0.792 bits per heavy atom. The predicted molar refractivity (Wildman–Crippen MR) is 91.4 cm³/mol. The van der Waals surface area contributed by atoms with Gasteiger partial charge in [-0.15, -0.1) is 0 Å². The Bertz CT molecular complexity index is 969. The van der Waals surface area contributed by atoms with Gasteiger partial charge in [0.25, 0.3) is 10.1 Å². The van der Waals surface area contributed by atoms with Crippen molar-refractivity contribution in [3.05, 3.63) is 61.5 Å². The van der Waals surface area contributed by atoms with E-state index in [0.717, 1.165) is 12.1 Å². The summed E-state index contributed by atoms with van der Waals surface area (Å²) in [7, 11) is -4.73. The number of Topliss-reactive ketones (excluding diaryl/α,β-unsaturated/α-hetero) is 2. The standard InChI is InChI=1S/C14H6Cl4O5S/c15-8-2-1-6(3-9(8)16)13(19)14(20)7-4-10(17)12(18)11(5-7)24(21,22)23/h1-5H,(H,21,22,23). The number of hydrogen-bond acceptors (Lipinski definition) is 4. The van der Waals surface area contributed by atoms with Crippen molar-refractivity contribution in [2.45, 2.75) is 4.90 Å². The summed E-state index contributed by atoms with van der Waals surface area (Å²) in [6.07, 6.45) is 0. The van der Waals surface area contributed by atoms with E-state index in [1.54, 1.807) is 0 Å². The van der Waals surface area contributed by atoms with E-state index in [1.165, 1.54) is 18.2 Å². The van der Waals surface area contributed by atoms with Crippen LogP contribution < -0.4 is 0 Å². The zero-order valence-electron chi connectivity index (χ0n) is 11.4. The van der Waals surface area contributed by atoms with Crippen molar-refractivity contribution in [1.82, 2.24) is 0 Å². The molecule has 0 fully saturated rings. The van der Waals surface area contributed by atoms with Crippen LogP contribution in [0.5, 0.6) is 0 Å². The molecule has 5 nitrogen and oxygen atoms in total. The van der Waals surface area contributed by atoms with E-state index in [9.17, 15) is 18.0 Å². The maximum atomic E-state index is 12.3. The first kappa shape index (κ1) is 19.2. The van der Waals surface area contributed by atoms with Crippen LogP contribution in [0.25, 0.3) is 0 Å². The van der Waals surface area contributed by atoms with Crippen LogP contribution in [-0.2, 0) is 10.1 Å². The van der Waals surface area contributed by atoms with E-state index in [4.69, 9.17) is 51.0 Å². The number of carbonyl (C=O) groups is 2. The molecule has 0 spiro atoms. The second-order valence-corrected chi connectivity index (χ2v) is 7.52. The molecule has 0 saturated heterocycles. The fourth-order valence-corrected chi connectivity index (χ4v) is 3.37. The molecule has 24 heavy (non-hydrogen) atoms. The lowest BCUT2D eigenvalue weighted by Gasteiger charge is -2.07. The molecule has 10 heteroatoms. The van der Waals surface area contributed by atoms with Gasteiger partial charge >= 0.3 is 0 Å². The van der Waals surface area contributed by atoms with E-state index in [2.05, 4.69) is 0 Å². The molecule has 0 bridgehead atoms. The maximum Gasteiger partial charge on any atom is 0.296 e. The first-order valence-electron chi connectivity index (χ1n) is 6.03. The Balaban J connectivity index is 2.52. The summed E-state index contributed by atoms with van der Waals surface area (Å²) in [6.45, 7) is 0. The van der Waals surface area contributed by atoms with Crippen molar-refractivity contribution < 1.29 is 22.6 Å². The van der Waals surface area contributed by atoms with Crippen LogP contribution in [-0.4, -0.2) is 24.5 Å². The van der Waals surface area contributed by atoms with Crippen LogP contribution in [0.3, 0.4) is 0 Å². The van der Waals surface area contributed by atoms with Crippen LogP contribution in [0.4, 0.5) is 0 Å². The lowest BCUT2D eigenvalue weighted by Crippen LogP contribution is -2.15. The SMILES string of the molecule is O=C(C(=O)c1cc(Cl)c(Cl)c(S(=O)(=O)O)c1)c1ccc(Cl)c(Cl)c1. The molecule has 0 saturated carbocycles. The summed E-state index contributed by atoms with van der Waals surface area (Å²) < 4.78 is 31.7. The fraction of sp³-hybridized carbons (Fsp3) is 0. The average Bonchev–Trinajstić information content (AvgIpc) is 2.50. The molecule has 0 aliphatic heterocycles. The maximum absolute atomic E-state index is 12.3. The normalized spacial score (nSPS) is 11.4. The summed E-state index contributed by atoms with van der Waals surface area (Å²) >= 11 is 23.0. The van der Waals surface area contributed by atoms with Gasteiger partial charge in [-0.05, 0) is 30.3 Å². The van der Waals surface area contributed by atoms with Gasteiger partial charge in [0.15, 0.2) is 0 Å². The van der Waals surface area contributed by atoms with E-state index >= 15 is 0 Å².